The van der Waals surface area contributed by atoms with Crippen molar-refractivity contribution in [3.05, 3.63) is 78.4 Å². The molecule has 4 aromatic rings. The zero-order valence-corrected chi connectivity index (χ0v) is 21.2. The lowest BCUT2D eigenvalue weighted by Crippen LogP contribution is -2.43. The molecule has 5 rings (SSSR count). The maximum Gasteiger partial charge on any atom is 0.260 e. The van der Waals surface area contributed by atoms with Gasteiger partial charge in [-0.05, 0) is 54.8 Å². The second-order valence-corrected chi connectivity index (χ2v) is 10.0. The predicted octanol–water partition coefficient (Wildman–Crippen LogP) is 5.79. The van der Waals surface area contributed by atoms with Crippen molar-refractivity contribution >= 4 is 44.4 Å². The predicted molar refractivity (Wildman–Crippen MR) is 143 cm³/mol. The minimum atomic E-state index is -0.0609. The van der Waals surface area contributed by atoms with Gasteiger partial charge in [0, 0.05) is 36.6 Å². The molecule has 1 aromatic heterocycles. The molecule has 0 aliphatic carbocycles. The first-order valence-corrected chi connectivity index (χ1v) is 13.6. The van der Waals surface area contributed by atoms with Crippen molar-refractivity contribution in [2.75, 3.05) is 50.5 Å². The monoisotopic (exact) mass is 505 g/mol. The number of thioether (sulfide) groups is 1. The standard InChI is InChI=1S/C27H27N3O3S2/c1-34-23-8-5-9-24-25(23)28-27(35-24)30(15-14-29-16-18-32-19-17-29)26(31)20-10-12-22(13-11-20)33-21-6-3-2-4-7-21/h2-13H,14-19H2,1H3. The number of rotatable bonds is 8. The number of para-hydroxylation sites is 2. The number of ether oxygens (including phenoxy) is 2. The highest BCUT2D eigenvalue weighted by molar-refractivity contribution is 7.98. The van der Waals surface area contributed by atoms with E-state index in [4.69, 9.17) is 14.5 Å². The third kappa shape index (κ3) is 5.67. The molecule has 2 heterocycles. The van der Waals surface area contributed by atoms with Crippen molar-refractivity contribution in [2.45, 2.75) is 4.90 Å². The fourth-order valence-corrected chi connectivity index (χ4v) is 5.63. The molecule has 8 heteroatoms. The Bertz CT molecular complexity index is 1270. The van der Waals surface area contributed by atoms with Crippen molar-refractivity contribution in [3.8, 4) is 11.5 Å². The van der Waals surface area contributed by atoms with Crippen LogP contribution in [0.15, 0.2) is 77.7 Å². The van der Waals surface area contributed by atoms with Gasteiger partial charge in [-0.1, -0.05) is 35.6 Å². The van der Waals surface area contributed by atoms with Crippen LogP contribution in [0.5, 0.6) is 11.5 Å². The molecule has 0 atom stereocenters. The molecule has 3 aromatic carbocycles. The number of hydrogen-bond donors (Lipinski definition) is 0. The lowest BCUT2D eigenvalue weighted by Gasteiger charge is -2.29. The van der Waals surface area contributed by atoms with Gasteiger partial charge in [-0.2, -0.15) is 0 Å². The van der Waals surface area contributed by atoms with Crippen molar-refractivity contribution in [3.63, 3.8) is 0 Å². The Hall–Kier alpha value is -2.91. The first-order chi connectivity index (χ1) is 17.2. The van der Waals surface area contributed by atoms with E-state index in [0.29, 0.717) is 17.9 Å². The maximum absolute atomic E-state index is 13.7. The first-order valence-electron chi connectivity index (χ1n) is 11.6. The van der Waals surface area contributed by atoms with Gasteiger partial charge in [-0.15, -0.1) is 11.8 Å². The van der Waals surface area contributed by atoms with Crippen LogP contribution in [0.3, 0.4) is 0 Å². The molecule has 1 aliphatic rings. The zero-order valence-electron chi connectivity index (χ0n) is 19.6. The number of morpholine rings is 1. The van der Waals surface area contributed by atoms with Gasteiger partial charge in [0.25, 0.3) is 5.91 Å². The van der Waals surface area contributed by atoms with Gasteiger partial charge in [0.1, 0.15) is 11.5 Å². The van der Waals surface area contributed by atoms with Crippen LogP contribution in [-0.4, -0.2) is 61.4 Å². The van der Waals surface area contributed by atoms with Gasteiger partial charge in [0.2, 0.25) is 0 Å². The highest BCUT2D eigenvalue weighted by atomic mass is 32.2. The molecular weight excluding hydrogens is 478 g/mol. The van der Waals surface area contributed by atoms with Crippen LogP contribution in [0.4, 0.5) is 5.13 Å². The number of nitrogens with zero attached hydrogens (tertiary/aromatic N) is 3. The molecule has 35 heavy (non-hydrogen) atoms. The number of carbonyl (C=O) groups excluding carboxylic acids is 1. The van der Waals surface area contributed by atoms with Crippen LogP contribution < -0.4 is 9.64 Å². The third-order valence-corrected chi connectivity index (χ3v) is 7.70. The van der Waals surface area contributed by atoms with Crippen molar-refractivity contribution in [1.82, 2.24) is 9.88 Å². The molecular formula is C27H27N3O3S2. The Morgan fingerprint density at radius 3 is 2.51 bits per heavy atom. The number of thiazole rings is 1. The molecule has 0 N–H and O–H groups in total. The van der Waals surface area contributed by atoms with E-state index < -0.39 is 0 Å². The van der Waals surface area contributed by atoms with Gasteiger partial charge in [0.15, 0.2) is 5.13 Å². The fourth-order valence-electron chi connectivity index (χ4n) is 3.99. The average molecular weight is 506 g/mol. The summed E-state index contributed by atoms with van der Waals surface area (Å²) in [6, 6.07) is 23.1. The average Bonchev–Trinajstić information content (AvgIpc) is 3.34. The van der Waals surface area contributed by atoms with Crippen LogP contribution in [0, 0.1) is 0 Å². The van der Waals surface area contributed by atoms with Crippen LogP contribution >= 0.6 is 23.1 Å². The topological polar surface area (TPSA) is 54.9 Å². The van der Waals surface area contributed by atoms with Gasteiger partial charge in [-0.25, -0.2) is 4.98 Å². The normalized spacial score (nSPS) is 14.2. The van der Waals surface area contributed by atoms with E-state index in [-0.39, 0.29) is 5.91 Å². The summed E-state index contributed by atoms with van der Waals surface area (Å²) in [6.07, 6.45) is 2.05. The van der Waals surface area contributed by atoms with Crippen LogP contribution in [0.2, 0.25) is 0 Å². The van der Waals surface area contributed by atoms with Crippen molar-refractivity contribution in [2.24, 2.45) is 0 Å². The number of hydrogen-bond acceptors (Lipinski definition) is 7. The Morgan fingerprint density at radius 2 is 1.77 bits per heavy atom. The number of anilines is 1. The Balaban J connectivity index is 1.40. The number of fused-ring (bicyclic) bond motifs is 1. The van der Waals surface area contributed by atoms with E-state index in [1.54, 1.807) is 23.1 Å². The summed E-state index contributed by atoms with van der Waals surface area (Å²) < 4.78 is 12.5. The summed E-state index contributed by atoms with van der Waals surface area (Å²) in [4.78, 5) is 23.9. The summed E-state index contributed by atoms with van der Waals surface area (Å²) in [5.41, 5.74) is 1.56. The fraction of sp³-hybridized carbons (Fsp3) is 0.259. The second-order valence-electron chi connectivity index (χ2n) is 8.15. The number of benzene rings is 3. The minimum Gasteiger partial charge on any atom is -0.457 e. The van der Waals surface area contributed by atoms with E-state index in [1.165, 1.54) is 0 Å². The molecule has 1 aliphatic heterocycles. The molecule has 0 saturated carbocycles. The summed E-state index contributed by atoms with van der Waals surface area (Å²) in [5.74, 6) is 1.39. The minimum absolute atomic E-state index is 0.0609. The molecule has 6 nitrogen and oxygen atoms in total. The van der Waals surface area contributed by atoms with Gasteiger partial charge in [0.05, 0.1) is 23.4 Å². The number of carbonyl (C=O) groups is 1. The van der Waals surface area contributed by atoms with E-state index >= 15 is 0 Å². The van der Waals surface area contributed by atoms with E-state index in [2.05, 4.69) is 17.0 Å². The molecule has 1 fully saturated rings. The third-order valence-electron chi connectivity index (χ3n) is 5.89. The number of aromatic nitrogens is 1. The Morgan fingerprint density at radius 1 is 1.03 bits per heavy atom. The smallest absolute Gasteiger partial charge is 0.260 e. The SMILES string of the molecule is CSc1cccc2sc(N(CCN3CCOCC3)C(=O)c3ccc(Oc4ccccc4)cc3)nc12. The zero-order chi connectivity index (χ0) is 24.0. The lowest BCUT2D eigenvalue weighted by atomic mass is 10.2. The second kappa shape index (κ2) is 11.2. The molecule has 0 spiro atoms. The Kier molecular flexibility index (Phi) is 7.63. The quantitative estimate of drug-likeness (QED) is 0.283. The van der Waals surface area contributed by atoms with Crippen molar-refractivity contribution < 1.29 is 14.3 Å². The molecule has 180 valence electrons. The number of amides is 1. The van der Waals surface area contributed by atoms with E-state index in [1.807, 2.05) is 71.8 Å². The molecule has 1 amide bonds. The largest absolute Gasteiger partial charge is 0.457 e. The van der Waals surface area contributed by atoms with E-state index in [0.717, 1.165) is 58.8 Å². The van der Waals surface area contributed by atoms with Crippen molar-refractivity contribution in [1.29, 1.82) is 0 Å². The molecule has 1 saturated heterocycles. The van der Waals surface area contributed by atoms with Gasteiger partial charge in [-0.3, -0.25) is 14.6 Å². The molecule has 0 unspecified atom stereocenters. The van der Waals surface area contributed by atoms with Crippen LogP contribution in [-0.2, 0) is 4.74 Å². The summed E-state index contributed by atoms with van der Waals surface area (Å²) in [7, 11) is 0. The molecule has 0 radical (unpaired) electrons. The highest BCUT2D eigenvalue weighted by Gasteiger charge is 2.23. The lowest BCUT2D eigenvalue weighted by molar-refractivity contribution is 0.0391. The Labute approximate surface area is 213 Å². The first kappa shape index (κ1) is 23.8. The van der Waals surface area contributed by atoms with E-state index in [9.17, 15) is 4.79 Å². The van der Waals surface area contributed by atoms with Gasteiger partial charge >= 0.3 is 0 Å². The van der Waals surface area contributed by atoms with Crippen LogP contribution in [0.1, 0.15) is 10.4 Å². The molecule has 0 bridgehead atoms. The highest BCUT2D eigenvalue weighted by Crippen LogP contribution is 2.34. The summed E-state index contributed by atoms with van der Waals surface area (Å²) in [5, 5.41) is 0.726. The summed E-state index contributed by atoms with van der Waals surface area (Å²) >= 11 is 3.23. The maximum atomic E-state index is 13.7. The summed E-state index contributed by atoms with van der Waals surface area (Å²) in [6.45, 7) is 4.56. The van der Waals surface area contributed by atoms with Crippen LogP contribution in [0.25, 0.3) is 10.2 Å². The van der Waals surface area contributed by atoms with Gasteiger partial charge < -0.3 is 9.47 Å².